The molecule has 0 bridgehead atoms. The van der Waals surface area contributed by atoms with Crippen molar-refractivity contribution in [3.05, 3.63) is 118 Å². The molecule has 35 heavy (non-hydrogen) atoms. The zero-order valence-electron chi connectivity index (χ0n) is 18.8. The van der Waals surface area contributed by atoms with E-state index in [-0.39, 0.29) is 5.56 Å². The predicted octanol–water partition coefficient (Wildman–Crippen LogP) is 5.90. The summed E-state index contributed by atoms with van der Waals surface area (Å²) in [6.45, 7) is 1.95. The highest BCUT2D eigenvalue weighted by Gasteiger charge is 2.15. The average molecular weight is 454 g/mol. The number of nitrogens with zero attached hydrogens (tertiary/aromatic N) is 4. The van der Waals surface area contributed by atoms with Crippen LogP contribution in [0.2, 0.25) is 0 Å². The summed E-state index contributed by atoms with van der Waals surface area (Å²) in [5.41, 5.74) is 3.83. The van der Waals surface area contributed by atoms with E-state index in [1.165, 1.54) is 4.68 Å². The highest BCUT2D eigenvalue weighted by molar-refractivity contribution is 5.94. The van der Waals surface area contributed by atoms with Gasteiger partial charge in [-0.25, -0.2) is 0 Å². The first kappa shape index (κ1) is 21.6. The van der Waals surface area contributed by atoms with Gasteiger partial charge in [-0.05, 0) is 85.3 Å². The van der Waals surface area contributed by atoms with Gasteiger partial charge in [0.1, 0.15) is 11.5 Å². The lowest BCUT2D eigenvalue weighted by molar-refractivity contribution is 0.479. The fourth-order valence-electron chi connectivity index (χ4n) is 3.89. The first-order valence-electron chi connectivity index (χ1n) is 10.9. The van der Waals surface area contributed by atoms with Gasteiger partial charge < -0.3 is 4.74 Å². The third kappa shape index (κ3) is 4.13. The topological polar surface area (TPSA) is 91.7 Å². The van der Waals surface area contributed by atoms with Gasteiger partial charge in [-0.2, -0.15) is 20.3 Å². The van der Waals surface area contributed by atoms with Crippen molar-refractivity contribution in [1.29, 1.82) is 10.5 Å². The van der Waals surface area contributed by atoms with Gasteiger partial charge in [-0.3, -0.25) is 4.79 Å². The van der Waals surface area contributed by atoms with E-state index in [0.717, 1.165) is 16.5 Å². The molecule has 1 heterocycles. The monoisotopic (exact) mass is 454 g/mol. The molecule has 0 saturated heterocycles. The summed E-state index contributed by atoms with van der Waals surface area (Å²) in [6, 6.07) is 31.0. The predicted molar refractivity (Wildman–Crippen MR) is 133 cm³/mol. The molecule has 0 atom stereocenters. The molecule has 5 aromatic rings. The van der Waals surface area contributed by atoms with Crippen molar-refractivity contribution in [3.63, 3.8) is 0 Å². The molecule has 0 saturated carbocycles. The fourth-order valence-corrected chi connectivity index (χ4v) is 3.89. The quantitative estimate of drug-likeness (QED) is 0.337. The third-order valence-electron chi connectivity index (χ3n) is 5.71. The van der Waals surface area contributed by atoms with Crippen molar-refractivity contribution in [1.82, 2.24) is 9.78 Å². The first-order chi connectivity index (χ1) is 17.1. The van der Waals surface area contributed by atoms with Gasteiger partial charge in [0.15, 0.2) is 0 Å². The maximum atomic E-state index is 13.2. The van der Waals surface area contributed by atoms with E-state index in [9.17, 15) is 4.79 Å². The first-order valence-corrected chi connectivity index (χ1v) is 10.9. The molecule has 0 N–H and O–H groups in total. The van der Waals surface area contributed by atoms with E-state index in [2.05, 4.69) is 12.1 Å². The summed E-state index contributed by atoms with van der Waals surface area (Å²) in [4.78, 5) is 13.2. The number of rotatable bonds is 4. The van der Waals surface area contributed by atoms with Crippen LogP contribution in [0.15, 0.2) is 95.8 Å². The summed E-state index contributed by atoms with van der Waals surface area (Å²) >= 11 is 0. The molecule has 6 heteroatoms. The van der Waals surface area contributed by atoms with Gasteiger partial charge in [0, 0.05) is 10.9 Å². The highest BCUT2D eigenvalue weighted by Crippen LogP contribution is 2.31. The molecule has 0 unspecified atom stereocenters. The van der Waals surface area contributed by atoms with Gasteiger partial charge in [-0.1, -0.05) is 18.2 Å². The van der Waals surface area contributed by atoms with Crippen molar-refractivity contribution < 1.29 is 4.74 Å². The van der Waals surface area contributed by atoms with E-state index in [1.807, 2.05) is 43.3 Å². The van der Waals surface area contributed by atoms with Crippen LogP contribution >= 0.6 is 0 Å². The molecule has 0 amide bonds. The number of fused-ring (bicyclic) bond motifs is 1. The normalized spacial score (nSPS) is 10.5. The van der Waals surface area contributed by atoms with Crippen LogP contribution < -0.4 is 10.3 Å². The minimum atomic E-state index is -0.230. The Balaban J connectivity index is 1.60. The summed E-state index contributed by atoms with van der Waals surface area (Å²) in [5.74, 6) is 1.32. The Morgan fingerprint density at radius 3 is 2.06 bits per heavy atom. The molecule has 0 fully saturated rings. The molecule has 0 aliphatic rings. The van der Waals surface area contributed by atoms with Crippen LogP contribution in [-0.4, -0.2) is 9.78 Å². The van der Waals surface area contributed by atoms with Crippen LogP contribution in [0.4, 0.5) is 0 Å². The second kappa shape index (κ2) is 8.97. The maximum absolute atomic E-state index is 13.2. The summed E-state index contributed by atoms with van der Waals surface area (Å²) in [5, 5.41) is 24.1. The Morgan fingerprint density at radius 2 is 1.43 bits per heavy atom. The van der Waals surface area contributed by atoms with Crippen LogP contribution in [0.1, 0.15) is 16.7 Å². The maximum Gasteiger partial charge on any atom is 0.279 e. The lowest BCUT2D eigenvalue weighted by Crippen LogP contribution is -2.22. The minimum Gasteiger partial charge on any atom is -0.457 e. The highest BCUT2D eigenvalue weighted by atomic mass is 16.5. The standard InChI is InChI=1S/C29H18N4O2/c1-19-16-22(10-15-27(19)35-24-13-8-21(18-31)9-14-24)28-25-4-2-3-5-26(25)29(34)33(32-28)23-11-6-20(17-30)7-12-23/h2-16H,1H3. The molecule has 5 rings (SSSR count). The number of ether oxygens (including phenoxy) is 1. The Bertz CT molecular complexity index is 1700. The Labute approximate surface area is 201 Å². The lowest BCUT2D eigenvalue weighted by Gasteiger charge is -2.14. The van der Waals surface area contributed by atoms with E-state index in [0.29, 0.717) is 39.4 Å². The van der Waals surface area contributed by atoms with Gasteiger partial charge in [0.05, 0.1) is 40.0 Å². The third-order valence-corrected chi connectivity index (χ3v) is 5.71. The molecular weight excluding hydrogens is 436 g/mol. The summed E-state index contributed by atoms with van der Waals surface area (Å²) < 4.78 is 7.38. The number of benzene rings is 4. The van der Waals surface area contributed by atoms with E-state index in [4.69, 9.17) is 20.4 Å². The lowest BCUT2D eigenvalue weighted by atomic mass is 10.0. The van der Waals surface area contributed by atoms with E-state index < -0.39 is 0 Å². The van der Waals surface area contributed by atoms with Crippen LogP contribution in [0.5, 0.6) is 11.5 Å². The van der Waals surface area contributed by atoms with Gasteiger partial charge in [0.2, 0.25) is 0 Å². The second-order valence-corrected chi connectivity index (χ2v) is 7.99. The van der Waals surface area contributed by atoms with Crippen molar-refractivity contribution in [3.8, 4) is 40.6 Å². The molecule has 0 aliphatic heterocycles. The molecule has 6 nitrogen and oxygen atoms in total. The Kier molecular flexibility index (Phi) is 5.55. The number of nitriles is 2. The molecule has 0 aliphatic carbocycles. The zero-order valence-corrected chi connectivity index (χ0v) is 18.8. The molecular formula is C29H18N4O2. The Morgan fingerprint density at radius 1 is 0.800 bits per heavy atom. The van der Waals surface area contributed by atoms with Gasteiger partial charge in [0.25, 0.3) is 5.56 Å². The fraction of sp³-hybridized carbons (Fsp3) is 0.0345. The number of aryl methyl sites for hydroxylation is 1. The molecule has 4 aromatic carbocycles. The minimum absolute atomic E-state index is 0.230. The van der Waals surface area contributed by atoms with Crippen molar-refractivity contribution in [2.24, 2.45) is 0 Å². The molecule has 166 valence electrons. The molecule has 0 spiro atoms. The number of hydrogen-bond acceptors (Lipinski definition) is 5. The average Bonchev–Trinajstić information content (AvgIpc) is 2.91. The molecule has 1 aromatic heterocycles. The van der Waals surface area contributed by atoms with Crippen molar-refractivity contribution in [2.75, 3.05) is 0 Å². The van der Waals surface area contributed by atoms with Crippen molar-refractivity contribution >= 4 is 10.8 Å². The number of aromatic nitrogens is 2. The zero-order chi connectivity index (χ0) is 24.4. The van der Waals surface area contributed by atoms with Crippen LogP contribution in [-0.2, 0) is 0 Å². The number of hydrogen-bond donors (Lipinski definition) is 0. The van der Waals surface area contributed by atoms with E-state index >= 15 is 0 Å². The molecule has 0 radical (unpaired) electrons. The van der Waals surface area contributed by atoms with Crippen LogP contribution in [0.25, 0.3) is 27.7 Å². The SMILES string of the molecule is Cc1cc(-c2nn(-c3ccc(C#N)cc3)c(=O)c3ccccc23)ccc1Oc1ccc(C#N)cc1. The van der Waals surface area contributed by atoms with Crippen LogP contribution in [0, 0.1) is 29.6 Å². The summed E-state index contributed by atoms with van der Waals surface area (Å²) in [7, 11) is 0. The van der Waals surface area contributed by atoms with Gasteiger partial charge in [-0.15, -0.1) is 0 Å². The van der Waals surface area contributed by atoms with Crippen molar-refractivity contribution in [2.45, 2.75) is 6.92 Å². The van der Waals surface area contributed by atoms with Gasteiger partial charge >= 0.3 is 0 Å². The Hall–Kier alpha value is -5.20. The smallest absolute Gasteiger partial charge is 0.279 e. The summed E-state index contributed by atoms with van der Waals surface area (Å²) in [6.07, 6.45) is 0. The van der Waals surface area contributed by atoms with Crippen LogP contribution in [0.3, 0.4) is 0 Å². The largest absolute Gasteiger partial charge is 0.457 e. The van der Waals surface area contributed by atoms with E-state index in [1.54, 1.807) is 54.6 Å². The second-order valence-electron chi connectivity index (χ2n) is 7.99.